The second kappa shape index (κ2) is 9.88. The summed E-state index contributed by atoms with van der Waals surface area (Å²) in [5.74, 6) is -0.556. The van der Waals surface area contributed by atoms with Crippen molar-refractivity contribution < 1.29 is 14.4 Å². The van der Waals surface area contributed by atoms with Crippen molar-refractivity contribution in [1.82, 2.24) is 0 Å². The first-order valence-corrected chi connectivity index (χ1v) is 11.8. The van der Waals surface area contributed by atoms with Crippen LogP contribution >= 0.6 is 0 Å². The molecule has 2 N–H and O–H groups in total. The van der Waals surface area contributed by atoms with Gasteiger partial charge in [0, 0.05) is 29.8 Å². The van der Waals surface area contributed by atoms with Crippen molar-refractivity contribution in [2.24, 2.45) is 0 Å². The van der Waals surface area contributed by atoms with Crippen LogP contribution in [-0.2, 0) is 4.79 Å². The van der Waals surface area contributed by atoms with Gasteiger partial charge >= 0.3 is 0 Å². The summed E-state index contributed by atoms with van der Waals surface area (Å²) in [5.41, 5.74) is 5.88. The summed E-state index contributed by atoms with van der Waals surface area (Å²) in [6.07, 6.45) is 0.217. The number of amides is 3. The molecule has 1 aliphatic heterocycles. The molecule has 3 amide bonds. The van der Waals surface area contributed by atoms with Gasteiger partial charge in [0.1, 0.15) is 0 Å². The Labute approximate surface area is 209 Å². The predicted octanol–water partition coefficient (Wildman–Crippen LogP) is 5.90. The van der Waals surface area contributed by atoms with Gasteiger partial charge in [-0.25, -0.2) is 0 Å². The number of nitrogens with zero attached hydrogens (tertiary/aromatic N) is 1. The summed E-state index contributed by atoms with van der Waals surface area (Å²) in [4.78, 5) is 40.1. The van der Waals surface area contributed by atoms with E-state index in [-0.39, 0.29) is 30.7 Å². The topological polar surface area (TPSA) is 78.5 Å². The first kappa shape index (κ1) is 23.1. The van der Waals surface area contributed by atoms with E-state index in [0.717, 1.165) is 16.7 Å². The molecule has 0 aliphatic carbocycles. The number of carbonyl (C=O) groups is 3. The third-order valence-corrected chi connectivity index (χ3v) is 6.20. The summed E-state index contributed by atoms with van der Waals surface area (Å²) in [5, 5.41) is 5.78. The summed E-state index contributed by atoms with van der Waals surface area (Å²) >= 11 is 0. The average molecular weight is 476 g/mol. The predicted molar refractivity (Wildman–Crippen MR) is 142 cm³/mol. The standard InChI is InChI=1S/C30H25N3O3/c1-20-10-12-21(13-11-20)24-6-2-3-7-25(24)29(35)31-23-16-14-22(15-17-23)30(36)33-19-18-28(34)32-26-8-4-5-9-27(26)33/h2-17H,18-19H2,1H3,(H,31,35)(H,32,34). The molecule has 1 heterocycles. The Bertz CT molecular complexity index is 1440. The van der Waals surface area contributed by atoms with Crippen LogP contribution in [0.5, 0.6) is 0 Å². The number of anilines is 3. The maximum atomic E-state index is 13.3. The highest BCUT2D eigenvalue weighted by atomic mass is 16.2. The van der Waals surface area contributed by atoms with Crippen molar-refractivity contribution in [3.05, 3.63) is 114 Å². The minimum atomic E-state index is -0.226. The Morgan fingerprint density at radius 3 is 2.31 bits per heavy atom. The van der Waals surface area contributed by atoms with Gasteiger partial charge in [0.15, 0.2) is 0 Å². The minimum absolute atomic E-state index is 0.123. The molecule has 0 bridgehead atoms. The van der Waals surface area contributed by atoms with E-state index in [0.29, 0.717) is 28.2 Å². The van der Waals surface area contributed by atoms with Gasteiger partial charge in [0.05, 0.1) is 11.4 Å². The molecule has 5 rings (SSSR count). The molecule has 0 unspecified atom stereocenters. The molecule has 4 aromatic carbocycles. The summed E-state index contributed by atoms with van der Waals surface area (Å²) in [6, 6.07) is 29.6. The maximum absolute atomic E-state index is 13.3. The zero-order valence-corrected chi connectivity index (χ0v) is 19.8. The molecular weight excluding hydrogens is 450 g/mol. The number of aryl methyl sites for hydroxylation is 1. The van der Waals surface area contributed by atoms with E-state index >= 15 is 0 Å². The molecular formula is C30H25N3O3. The molecule has 0 fully saturated rings. The Morgan fingerprint density at radius 1 is 0.833 bits per heavy atom. The number of benzene rings is 4. The summed E-state index contributed by atoms with van der Waals surface area (Å²) in [7, 11) is 0. The lowest BCUT2D eigenvalue weighted by Crippen LogP contribution is -2.31. The van der Waals surface area contributed by atoms with Gasteiger partial charge < -0.3 is 15.5 Å². The van der Waals surface area contributed by atoms with Gasteiger partial charge in [-0.3, -0.25) is 14.4 Å². The fraction of sp³-hybridized carbons (Fsp3) is 0.100. The Hall–Kier alpha value is -4.71. The third-order valence-electron chi connectivity index (χ3n) is 6.20. The summed E-state index contributed by atoms with van der Waals surface area (Å²) < 4.78 is 0. The average Bonchev–Trinajstić information content (AvgIpc) is 3.07. The molecule has 178 valence electrons. The second-order valence-corrected chi connectivity index (χ2v) is 8.72. The van der Waals surface area contributed by atoms with Crippen LogP contribution in [-0.4, -0.2) is 24.3 Å². The molecule has 0 spiro atoms. The SMILES string of the molecule is Cc1ccc(-c2ccccc2C(=O)Nc2ccc(C(=O)N3CCC(=O)Nc4ccccc43)cc2)cc1. The van der Waals surface area contributed by atoms with Crippen molar-refractivity contribution in [2.75, 3.05) is 22.1 Å². The van der Waals surface area contributed by atoms with E-state index in [2.05, 4.69) is 10.6 Å². The second-order valence-electron chi connectivity index (χ2n) is 8.72. The number of para-hydroxylation sites is 2. The fourth-order valence-electron chi connectivity index (χ4n) is 4.29. The lowest BCUT2D eigenvalue weighted by atomic mass is 9.98. The molecule has 6 nitrogen and oxygen atoms in total. The van der Waals surface area contributed by atoms with Gasteiger partial charge in [-0.1, -0.05) is 60.2 Å². The Balaban J connectivity index is 1.35. The van der Waals surface area contributed by atoms with Crippen LogP contribution in [0.1, 0.15) is 32.7 Å². The lowest BCUT2D eigenvalue weighted by Gasteiger charge is -2.22. The molecule has 0 saturated carbocycles. The number of hydrogen-bond donors (Lipinski definition) is 2. The van der Waals surface area contributed by atoms with E-state index in [1.807, 2.05) is 67.6 Å². The molecule has 0 saturated heterocycles. The fourth-order valence-corrected chi connectivity index (χ4v) is 4.29. The largest absolute Gasteiger partial charge is 0.324 e. The van der Waals surface area contributed by atoms with Crippen LogP contribution < -0.4 is 15.5 Å². The van der Waals surface area contributed by atoms with Crippen LogP contribution in [0.4, 0.5) is 17.1 Å². The Morgan fingerprint density at radius 2 is 1.53 bits per heavy atom. The zero-order chi connectivity index (χ0) is 25.1. The molecule has 36 heavy (non-hydrogen) atoms. The highest BCUT2D eigenvalue weighted by Gasteiger charge is 2.24. The van der Waals surface area contributed by atoms with E-state index in [4.69, 9.17) is 0 Å². The molecule has 1 aliphatic rings. The summed E-state index contributed by atoms with van der Waals surface area (Å²) in [6.45, 7) is 2.31. The first-order chi connectivity index (χ1) is 17.5. The first-order valence-electron chi connectivity index (χ1n) is 11.8. The Kier molecular flexibility index (Phi) is 6.33. The number of fused-ring (bicyclic) bond motifs is 1. The molecule has 6 heteroatoms. The molecule has 0 aromatic heterocycles. The number of rotatable bonds is 4. The molecule has 0 radical (unpaired) electrons. The van der Waals surface area contributed by atoms with E-state index in [9.17, 15) is 14.4 Å². The van der Waals surface area contributed by atoms with Crippen LogP contribution in [0.3, 0.4) is 0 Å². The van der Waals surface area contributed by atoms with Crippen LogP contribution in [0.25, 0.3) is 11.1 Å². The van der Waals surface area contributed by atoms with E-state index in [1.54, 1.807) is 41.3 Å². The van der Waals surface area contributed by atoms with Crippen LogP contribution in [0.15, 0.2) is 97.1 Å². The lowest BCUT2D eigenvalue weighted by molar-refractivity contribution is -0.115. The number of hydrogen-bond acceptors (Lipinski definition) is 3. The normalized spacial score (nSPS) is 12.8. The maximum Gasteiger partial charge on any atom is 0.258 e. The molecule has 0 atom stereocenters. The van der Waals surface area contributed by atoms with Crippen molar-refractivity contribution in [1.29, 1.82) is 0 Å². The molecule has 4 aromatic rings. The van der Waals surface area contributed by atoms with Gasteiger partial charge in [-0.05, 0) is 60.5 Å². The van der Waals surface area contributed by atoms with Gasteiger partial charge in [0.25, 0.3) is 11.8 Å². The van der Waals surface area contributed by atoms with Crippen molar-refractivity contribution >= 4 is 34.8 Å². The van der Waals surface area contributed by atoms with Crippen molar-refractivity contribution in [3.63, 3.8) is 0 Å². The number of carbonyl (C=O) groups excluding carboxylic acids is 3. The van der Waals surface area contributed by atoms with Crippen molar-refractivity contribution in [3.8, 4) is 11.1 Å². The van der Waals surface area contributed by atoms with Gasteiger partial charge in [0.2, 0.25) is 5.91 Å². The van der Waals surface area contributed by atoms with Gasteiger partial charge in [-0.15, -0.1) is 0 Å². The zero-order valence-electron chi connectivity index (χ0n) is 19.8. The number of nitrogens with one attached hydrogen (secondary N) is 2. The highest BCUT2D eigenvalue weighted by molar-refractivity contribution is 6.11. The monoisotopic (exact) mass is 475 g/mol. The van der Waals surface area contributed by atoms with E-state index < -0.39 is 0 Å². The van der Waals surface area contributed by atoms with Crippen LogP contribution in [0.2, 0.25) is 0 Å². The smallest absolute Gasteiger partial charge is 0.258 e. The minimum Gasteiger partial charge on any atom is -0.324 e. The van der Waals surface area contributed by atoms with Gasteiger partial charge in [-0.2, -0.15) is 0 Å². The quantitative estimate of drug-likeness (QED) is 0.386. The highest BCUT2D eigenvalue weighted by Crippen LogP contribution is 2.30. The van der Waals surface area contributed by atoms with E-state index in [1.165, 1.54) is 0 Å². The van der Waals surface area contributed by atoms with Crippen LogP contribution in [0, 0.1) is 6.92 Å². The third kappa shape index (κ3) is 4.74. The van der Waals surface area contributed by atoms with Crippen molar-refractivity contribution in [2.45, 2.75) is 13.3 Å².